The molecule has 234 valence electrons. The van der Waals surface area contributed by atoms with Gasteiger partial charge in [-0.05, 0) is 108 Å². The Morgan fingerprint density at radius 3 is 1.59 bits per heavy atom. The highest BCUT2D eigenvalue weighted by molar-refractivity contribution is 6.22. The van der Waals surface area contributed by atoms with Gasteiger partial charge in [-0.25, -0.2) is 4.98 Å². The Balaban J connectivity index is 1.29. The van der Waals surface area contributed by atoms with Gasteiger partial charge in [0.2, 0.25) is 0 Å². The molecule has 0 N–H and O–H groups in total. The van der Waals surface area contributed by atoms with Gasteiger partial charge in [-0.3, -0.25) is 4.57 Å². The van der Waals surface area contributed by atoms with Gasteiger partial charge in [0.15, 0.2) is 0 Å². The predicted molar refractivity (Wildman–Crippen MR) is 209 cm³/mol. The van der Waals surface area contributed by atoms with Crippen molar-refractivity contribution in [3.05, 3.63) is 169 Å². The zero-order valence-electron chi connectivity index (χ0n) is 28.0. The SMILES string of the molecule is CC(C)(C)c1ccc(-n2c3ccc(-c4ccc5c(-c6ccccc6)c6ccccc6c(-c6ccccc6)c5c4)cc3c3cccnc32)cc1. The Morgan fingerprint density at radius 2 is 0.959 bits per heavy atom. The van der Waals surface area contributed by atoms with Crippen LogP contribution in [0, 0.1) is 0 Å². The highest BCUT2D eigenvalue weighted by Crippen LogP contribution is 2.45. The van der Waals surface area contributed by atoms with Gasteiger partial charge in [0.25, 0.3) is 0 Å². The summed E-state index contributed by atoms with van der Waals surface area (Å²) in [6, 6.07) is 57.6. The van der Waals surface area contributed by atoms with E-state index in [4.69, 9.17) is 4.98 Å². The fourth-order valence-corrected chi connectivity index (χ4v) is 7.59. The molecule has 0 saturated heterocycles. The van der Waals surface area contributed by atoms with E-state index in [0.717, 1.165) is 22.2 Å². The molecule has 0 unspecified atom stereocenters. The molecule has 49 heavy (non-hydrogen) atoms. The molecule has 2 heteroatoms. The fourth-order valence-electron chi connectivity index (χ4n) is 7.59. The van der Waals surface area contributed by atoms with Crippen molar-refractivity contribution in [3.63, 3.8) is 0 Å². The summed E-state index contributed by atoms with van der Waals surface area (Å²) in [5.74, 6) is 0. The minimum absolute atomic E-state index is 0.0981. The Kier molecular flexibility index (Phi) is 6.74. The normalized spacial score (nSPS) is 12.0. The van der Waals surface area contributed by atoms with Gasteiger partial charge in [-0.15, -0.1) is 0 Å². The van der Waals surface area contributed by atoms with Gasteiger partial charge in [-0.1, -0.05) is 136 Å². The third-order valence-electron chi connectivity index (χ3n) is 10.00. The minimum Gasteiger partial charge on any atom is -0.294 e. The van der Waals surface area contributed by atoms with Crippen molar-refractivity contribution >= 4 is 43.5 Å². The molecule has 0 aliphatic heterocycles. The van der Waals surface area contributed by atoms with E-state index in [2.05, 4.69) is 177 Å². The van der Waals surface area contributed by atoms with E-state index in [0.29, 0.717) is 0 Å². The predicted octanol–water partition coefficient (Wildman–Crippen LogP) is 12.8. The van der Waals surface area contributed by atoms with E-state index in [1.165, 1.54) is 65.9 Å². The second-order valence-electron chi connectivity index (χ2n) is 14.0. The van der Waals surface area contributed by atoms with E-state index < -0.39 is 0 Å². The minimum atomic E-state index is 0.0981. The molecular weight excluding hydrogens is 593 g/mol. The van der Waals surface area contributed by atoms with Crippen LogP contribution < -0.4 is 0 Å². The summed E-state index contributed by atoms with van der Waals surface area (Å²) in [7, 11) is 0. The zero-order valence-corrected chi connectivity index (χ0v) is 28.0. The van der Waals surface area contributed by atoms with Crippen LogP contribution >= 0.6 is 0 Å². The smallest absolute Gasteiger partial charge is 0.145 e. The van der Waals surface area contributed by atoms with E-state index in [9.17, 15) is 0 Å². The lowest BCUT2D eigenvalue weighted by Gasteiger charge is -2.19. The van der Waals surface area contributed by atoms with Crippen molar-refractivity contribution in [2.24, 2.45) is 0 Å². The van der Waals surface area contributed by atoms with Gasteiger partial charge < -0.3 is 0 Å². The van der Waals surface area contributed by atoms with Crippen LogP contribution in [0.1, 0.15) is 26.3 Å². The lowest BCUT2D eigenvalue weighted by atomic mass is 9.85. The highest BCUT2D eigenvalue weighted by Gasteiger charge is 2.19. The maximum Gasteiger partial charge on any atom is 0.145 e. The molecule has 2 nitrogen and oxygen atoms in total. The molecule has 0 fully saturated rings. The molecule has 0 amide bonds. The van der Waals surface area contributed by atoms with Crippen molar-refractivity contribution in [3.8, 4) is 39.1 Å². The quantitative estimate of drug-likeness (QED) is 0.177. The number of benzene rings is 7. The average molecular weight is 629 g/mol. The molecule has 9 rings (SSSR count). The number of fused-ring (bicyclic) bond motifs is 5. The number of hydrogen-bond donors (Lipinski definition) is 0. The van der Waals surface area contributed by atoms with E-state index in [-0.39, 0.29) is 5.41 Å². The first-order valence-electron chi connectivity index (χ1n) is 17.1. The molecule has 0 spiro atoms. The first kappa shape index (κ1) is 29.2. The van der Waals surface area contributed by atoms with Gasteiger partial charge in [0, 0.05) is 22.7 Å². The van der Waals surface area contributed by atoms with E-state index in [1.807, 2.05) is 12.3 Å². The van der Waals surface area contributed by atoms with Crippen molar-refractivity contribution < 1.29 is 0 Å². The second-order valence-corrected chi connectivity index (χ2v) is 14.0. The standard InChI is InChI=1S/C47H36N2/c1-47(2,3)35-22-24-36(25-23-35)49-43-27-21-34(29-41(43)40-19-12-28-48-46(40)49)33-20-26-39-42(30-33)45(32-15-8-5-9-16-32)38-18-11-10-17-37(38)44(39)31-13-6-4-7-14-31/h4-30H,1-3H3. The molecule has 2 heterocycles. The summed E-state index contributed by atoms with van der Waals surface area (Å²) in [5, 5.41) is 7.40. The number of rotatable bonds is 4. The third kappa shape index (κ3) is 4.83. The molecule has 9 aromatic rings. The first-order valence-corrected chi connectivity index (χ1v) is 17.1. The summed E-state index contributed by atoms with van der Waals surface area (Å²) in [6.45, 7) is 6.77. The lowest BCUT2D eigenvalue weighted by molar-refractivity contribution is 0.590. The topological polar surface area (TPSA) is 17.8 Å². The summed E-state index contributed by atoms with van der Waals surface area (Å²) < 4.78 is 2.30. The van der Waals surface area contributed by atoms with Crippen molar-refractivity contribution in [2.75, 3.05) is 0 Å². The van der Waals surface area contributed by atoms with Gasteiger partial charge >= 0.3 is 0 Å². The number of hydrogen-bond acceptors (Lipinski definition) is 1. The van der Waals surface area contributed by atoms with Crippen LogP contribution in [0.25, 0.3) is 82.5 Å². The number of nitrogens with zero attached hydrogens (tertiary/aromatic N) is 2. The van der Waals surface area contributed by atoms with Crippen molar-refractivity contribution in [1.82, 2.24) is 9.55 Å². The maximum absolute atomic E-state index is 4.88. The summed E-state index contributed by atoms with van der Waals surface area (Å²) >= 11 is 0. The summed E-state index contributed by atoms with van der Waals surface area (Å²) in [5.41, 5.74) is 12.1. The van der Waals surface area contributed by atoms with Gasteiger partial charge in [-0.2, -0.15) is 0 Å². The van der Waals surface area contributed by atoms with Crippen LogP contribution in [-0.4, -0.2) is 9.55 Å². The van der Waals surface area contributed by atoms with E-state index in [1.54, 1.807) is 0 Å². The van der Waals surface area contributed by atoms with E-state index >= 15 is 0 Å². The van der Waals surface area contributed by atoms with Gasteiger partial charge in [0.05, 0.1) is 5.52 Å². The molecule has 0 aliphatic carbocycles. The Labute approximate surface area is 286 Å². The van der Waals surface area contributed by atoms with Crippen LogP contribution in [0.5, 0.6) is 0 Å². The third-order valence-corrected chi connectivity index (χ3v) is 10.00. The second kappa shape index (κ2) is 11.3. The van der Waals surface area contributed by atoms with Crippen molar-refractivity contribution in [1.29, 1.82) is 0 Å². The fraction of sp³-hybridized carbons (Fsp3) is 0.0851. The van der Waals surface area contributed by atoms with Crippen LogP contribution in [0.15, 0.2) is 164 Å². The Bertz CT molecular complexity index is 2660. The van der Waals surface area contributed by atoms with Gasteiger partial charge in [0.1, 0.15) is 5.65 Å². The van der Waals surface area contributed by atoms with Crippen molar-refractivity contribution in [2.45, 2.75) is 26.2 Å². The summed E-state index contributed by atoms with van der Waals surface area (Å²) in [4.78, 5) is 4.88. The summed E-state index contributed by atoms with van der Waals surface area (Å²) in [6.07, 6.45) is 1.89. The molecule has 0 radical (unpaired) electrons. The molecule has 2 aromatic heterocycles. The zero-order chi connectivity index (χ0) is 33.1. The largest absolute Gasteiger partial charge is 0.294 e. The Hall–Kier alpha value is -5.99. The van der Waals surface area contributed by atoms with Crippen LogP contribution in [0.3, 0.4) is 0 Å². The average Bonchev–Trinajstić information content (AvgIpc) is 3.47. The highest BCUT2D eigenvalue weighted by atomic mass is 15.0. The number of pyridine rings is 1. The Morgan fingerprint density at radius 1 is 0.429 bits per heavy atom. The van der Waals surface area contributed by atoms with Crippen LogP contribution in [0.2, 0.25) is 0 Å². The molecule has 0 bridgehead atoms. The maximum atomic E-state index is 4.88. The lowest BCUT2D eigenvalue weighted by Crippen LogP contribution is -2.10. The molecule has 7 aromatic carbocycles. The number of aromatic nitrogens is 2. The molecule has 0 aliphatic rings. The first-order chi connectivity index (χ1) is 24.0. The molecule has 0 atom stereocenters. The molecule has 0 saturated carbocycles. The van der Waals surface area contributed by atoms with Crippen LogP contribution in [0.4, 0.5) is 0 Å². The monoisotopic (exact) mass is 628 g/mol. The van der Waals surface area contributed by atoms with Crippen LogP contribution in [-0.2, 0) is 5.41 Å². The molecular formula is C47H36N2.